The number of nitrogens with zero attached hydrogens (tertiary/aromatic N) is 4. The van der Waals surface area contributed by atoms with Crippen molar-refractivity contribution < 1.29 is 0 Å². The molecule has 1 unspecified atom stereocenters. The molecule has 0 spiro atoms. The van der Waals surface area contributed by atoms with Crippen molar-refractivity contribution in [1.82, 2.24) is 9.88 Å². The van der Waals surface area contributed by atoms with Crippen molar-refractivity contribution in [1.29, 1.82) is 5.26 Å². The highest BCUT2D eigenvalue weighted by Gasteiger charge is 2.26. The van der Waals surface area contributed by atoms with Gasteiger partial charge in [0, 0.05) is 29.8 Å². The largest absolute Gasteiger partial charge is 0.354 e. The first-order valence-electron chi connectivity index (χ1n) is 5.59. The second kappa shape index (κ2) is 5.03. The fraction of sp³-hybridized carbons (Fsp3) is 0.500. The number of likely N-dealkylation sites (N-methyl/N-ethyl adjacent to an activating group) is 1. The van der Waals surface area contributed by atoms with Crippen LogP contribution in [0.15, 0.2) is 16.7 Å². The molecule has 4 nitrogen and oxygen atoms in total. The van der Waals surface area contributed by atoms with Gasteiger partial charge in [-0.3, -0.25) is 0 Å². The highest BCUT2D eigenvalue weighted by Crippen LogP contribution is 2.25. The van der Waals surface area contributed by atoms with E-state index in [4.69, 9.17) is 5.26 Å². The van der Waals surface area contributed by atoms with Crippen LogP contribution in [-0.2, 0) is 0 Å². The predicted octanol–water partition coefficient (Wildman–Crippen LogP) is 1.86. The lowest BCUT2D eigenvalue weighted by atomic mass is 10.2. The molecule has 1 aromatic heterocycles. The zero-order valence-corrected chi connectivity index (χ0v) is 11.6. The number of pyridine rings is 1. The first kappa shape index (κ1) is 12.3. The summed E-state index contributed by atoms with van der Waals surface area (Å²) in [6.07, 6.45) is 2.87. The van der Waals surface area contributed by atoms with Gasteiger partial charge in [-0.15, -0.1) is 0 Å². The molecule has 1 atom stereocenters. The molecular weight excluding hydrogens is 280 g/mol. The van der Waals surface area contributed by atoms with E-state index in [1.807, 2.05) is 6.07 Å². The quantitative estimate of drug-likeness (QED) is 0.835. The molecule has 0 aromatic carbocycles. The summed E-state index contributed by atoms with van der Waals surface area (Å²) in [6, 6.07) is 4.58. The van der Waals surface area contributed by atoms with Gasteiger partial charge >= 0.3 is 0 Å². The second-order valence-electron chi connectivity index (χ2n) is 4.49. The minimum Gasteiger partial charge on any atom is -0.354 e. The summed E-state index contributed by atoms with van der Waals surface area (Å²) >= 11 is 3.34. The lowest BCUT2D eigenvalue weighted by Gasteiger charge is -2.21. The molecule has 2 heterocycles. The van der Waals surface area contributed by atoms with E-state index in [0.29, 0.717) is 11.6 Å². The van der Waals surface area contributed by atoms with E-state index >= 15 is 0 Å². The molecule has 5 heteroatoms. The Balaban J connectivity index is 2.22. The molecule has 0 radical (unpaired) electrons. The molecule has 0 N–H and O–H groups in total. The van der Waals surface area contributed by atoms with Crippen molar-refractivity contribution in [3.63, 3.8) is 0 Å². The summed E-state index contributed by atoms with van der Waals surface area (Å²) in [7, 11) is 4.18. The van der Waals surface area contributed by atoms with Crippen LogP contribution in [0.1, 0.15) is 12.0 Å². The standard InChI is InChI=1S/C12H15BrN4/c1-16(2)11-3-4-17(8-11)12-9(6-14)5-10(13)7-15-12/h5,7,11H,3-4,8H2,1-2H3. The molecule has 2 rings (SSSR count). The minimum atomic E-state index is 0.548. The van der Waals surface area contributed by atoms with Gasteiger partial charge in [0.05, 0.1) is 5.56 Å². The summed E-state index contributed by atoms with van der Waals surface area (Å²) in [5, 5.41) is 9.13. The maximum absolute atomic E-state index is 9.13. The Morgan fingerprint density at radius 3 is 2.94 bits per heavy atom. The number of hydrogen-bond donors (Lipinski definition) is 0. The SMILES string of the molecule is CN(C)C1CCN(c2ncc(Br)cc2C#N)C1. The molecular formula is C12H15BrN4. The highest BCUT2D eigenvalue weighted by molar-refractivity contribution is 9.10. The predicted molar refractivity (Wildman–Crippen MR) is 71.0 cm³/mol. The van der Waals surface area contributed by atoms with Crippen LogP contribution in [0.4, 0.5) is 5.82 Å². The van der Waals surface area contributed by atoms with Crippen molar-refractivity contribution in [2.45, 2.75) is 12.5 Å². The molecule has 0 bridgehead atoms. The van der Waals surface area contributed by atoms with Gasteiger partial charge in [-0.2, -0.15) is 5.26 Å². The Labute approximate surface area is 110 Å². The van der Waals surface area contributed by atoms with Gasteiger partial charge in [0.2, 0.25) is 0 Å². The fourth-order valence-corrected chi connectivity index (χ4v) is 2.45. The zero-order chi connectivity index (χ0) is 12.4. The Hall–Kier alpha value is -1.12. The summed E-state index contributed by atoms with van der Waals surface area (Å²) in [5.41, 5.74) is 0.638. The third-order valence-electron chi connectivity index (χ3n) is 3.15. The van der Waals surface area contributed by atoms with Gasteiger partial charge in [-0.25, -0.2) is 4.98 Å². The Morgan fingerprint density at radius 1 is 1.59 bits per heavy atom. The summed E-state index contributed by atoms with van der Waals surface area (Å²) < 4.78 is 0.848. The van der Waals surface area contributed by atoms with Gasteiger partial charge in [0.1, 0.15) is 11.9 Å². The van der Waals surface area contributed by atoms with Crippen LogP contribution in [0.5, 0.6) is 0 Å². The molecule has 1 aliphatic rings. The van der Waals surface area contributed by atoms with Gasteiger partial charge in [0.15, 0.2) is 0 Å². The average Bonchev–Trinajstić information content (AvgIpc) is 2.78. The number of anilines is 1. The Morgan fingerprint density at radius 2 is 2.35 bits per heavy atom. The van der Waals surface area contributed by atoms with Crippen LogP contribution < -0.4 is 4.90 Å². The van der Waals surface area contributed by atoms with E-state index in [0.717, 1.165) is 29.8 Å². The van der Waals surface area contributed by atoms with E-state index in [2.05, 4.69) is 50.9 Å². The number of aromatic nitrogens is 1. The molecule has 0 amide bonds. The smallest absolute Gasteiger partial charge is 0.146 e. The molecule has 17 heavy (non-hydrogen) atoms. The van der Waals surface area contributed by atoms with Crippen LogP contribution in [0.3, 0.4) is 0 Å². The molecule has 1 aliphatic heterocycles. The number of nitriles is 1. The number of rotatable bonds is 2. The van der Waals surface area contributed by atoms with Gasteiger partial charge in [-0.05, 0) is 42.5 Å². The first-order valence-corrected chi connectivity index (χ1v) is 6.38. The fourth-order valence-electron chi connectivity index (χ4n) is 2.12. The molecule has 1 saturated heterocycles. The molecule has 1 aromatic rings. The van der Waals surface area contributed by atoms with Gasteiger partial charge < -0.3 is 9.80 Å². The molecule has 0 saturated carbocycles. The molecule has 0 aliphatic carbocycles. The van der Waals surface area contributed by atoms with Crippen LogP contribution in [0.25, 0.3) is 0 Å². The summed E-state index contributed by atoms with van der Waals surface area (Å²) in [6.45, 7) is 1.91. The highest BCUT2D eigenvalue weighted by atomic mass is 79.9. The molecule has 90 valence electrons. The summed E-state index contributed by atoms with van der Waals surface area (Å²) in [5.74, 6) is 0.806. The van der Waals surface area contributed by atoms with E-state index in [9.17, 15) is 0 Å². The van der Waals surface area contributed by atoms with Crippen LogP contribution in [0.2, 0.25) is 0 Å². The monoisotopic (exact) mass is 294 g/mol. The van der Waals surface area contributed by atoms with Crippen molar-refractivity contribution in [3.05, 3.63) is 22.3 Å². The lowest BCUT2D eigenvalue weighted by Crippen LogP contribution is -2.32. The zero-order valence-electron chi connectivity index (χ0n) is 10.0. The van der Waals surface area contributed by atoms with Gasteiger partial charge in [0.25, 0.3) is 0 Å². The lowest BCUT2D eigenvalue weighted by molar-refractivity contribution is 0.315. The van der Waals surface area contributed by atoms with E-state index in [-0.39, 0.29) is 0 Å². The Bertz CT molecular complexity index is 452. The summed E-state index contributed by atoms with van der Waals surface area (Å²) in [4.78, 5) is 8.78. The van der Waals surface area contributed by atoms with Crippen molar-refractivity contribution in [3.8, 4) is 6.07 Å². The van der Waals surface area contributed by atoms with E-state index in [1.54, 1.807) is 6.20 Å². The van der Waals surface area contributed by atoms with Crippen LogP contribution in [-0.4, -0.2) is 43.1 Å². The second-order valence-corrected chi connectivity index (χ2v) is 5.40. The maximum atomic E-state index is 9.13. The average molecular weight is 295 g/mol. The normalized spacial score (nSPS) is 19.7. The Kier molecular flexibility index (Phi) is 3.65. The van der Waals surface area contributed by atoms with Crippen LogP contribution in [0, 0.1) is 11.3 Å². The minimum absolute atomic E-state index is 0.548. The van der Waals surface area contributed by atoms with Crippen LogP contribution >= 0.6 is 15.9 Å². The maximum Gasteiger partial charge on any atom is 0.146 e. The third-order valence-corrected chi connectivity index (χ3v) is 3.58. The number of hydrogen-bond acceptors (Lipinski definition) is 4. The van der Waals surface area contributed by atoms with E-state index in [1.165, 1.54) is 0 Å². The third kappa shape index (κ3) is 2.59. The van der Waals surface area contributed by atoms with Crippen molar-refractivity contribution in [2.24, 2.45) is 0 Å². The molecule has 1 fully saturated rings. The van der Waals surface area contributed by atoms with Crippen molar-refractivity contribution >= 4 is 21.7 Å². The number of halogens is 1. The van der Waals surface area contributed by atoms with Crippen molar-refractivity contribution in [2.75, 3.05) is 32.1 Å². The first-order chi connectivity index (χ1) is 8.11. The van der Waals surface area contributed by atoms with E-state index < -0.39 is 0 Å². The van der Waals surface area contributed by atoms with Gasteiger partial charge in [-0.1, -0.05) is 0 Å². The topological polar surface area (TPSA) is 43.2 Å².